The molecule has 126 valence electrons. The Balaban J connectivity index is 2.17. The van der Waals surface area contributed by atoms with E-state index in [9.17, 15) is 13.2 Å². The van der Waals surface area contributed by atoms with Gasteiger partial charge in [0, 0.05) is 6.20 Å². The van der Waals surface area contributed by atoms with Gasteiger partial charge in [-0.2, -0.15) is 13.2 Å². The van der Waals surface area contributed by atoms with Crippen LogP contribution in [0.2, 0.25) is 0 Å². The van der Waals surface area contributed by atoms with Crippen LogP contribution in [0.4, 0.5) is 13.2 Å². The second-order valence-corrected chi connectivity index (χ2v) is 6.18. The van der Waals surface area contributed by atoms with E-state index in [-0.39, 0.29) is 0 Å². The number of methoxy groups -OCH3 is 1. The van der Waals surface area contributed by atoms with Gasteiger partial charge >= 0.3 is 6.18 Å². The standard InChI is InChI=1S/C16H14F3N3OS/c1-3-24-15-14(12-6-5-11(23-2)8-20-12)21-13-7-4-10(9-22(13)15)16(17,18)19/h4-9H,3H2,1-2H3. The van der Waals surface area contributed by atoms with E-state index >= 15 is 0 Å². The molecule has 3 rings (SSSR count). The van der Waals surface area contributed by atoms with Gasteiger partial charge in [-0.3, -0.25) is 9.38 Å². The molecule has 0 aromatic carbocycles. The van der Waals surface area contributed by atoms with Crippen LogP contribution in [0, 0.1) is 0 Å². The van der Waals surface area contributed by atoms with Crippen molar-refractivity contribution in [2.24, 2.45) is 0 Å². The highest BCUT2D eigenvalue weighted by atomic mass is 32.2. The first-order valence-corrected chi connectivity index (χ1v) is 8.15. The van der Waals surface area contributed by atoms with Gasteiger partial charge in [0.2, 0.25) is 0 Å². The molecular weight excluding hydrogens is 339 g/mol. The molecule has 0 aliphatic heterocycles. The van der Waals surface area contributed by atoms with Crippen LogP contribution in [-0.4, -0.2) is 27.2 Å². The van der Waals surface area contributed by atoms with E-state index in [4.69, 9.17) is 4.74 Å². The number of aromatic nitrogens is 3. The van der Waals surface area contributed by atoms with Crippen molar-refractivity contribution >= 4 is 17.4 Å². The fraction of sp³-hybridized carbons (Fsp3) is 0.250. The van der Waals surface area contributed by atoms with Crippen molar-refractivity contribution in [1.82, 2.24) is 14.4 Å². The summed E-state index contributed by atoms with van der Waals surface area (Å²) in [6, 6.07) is 5.89. The molecule has 3 heterocycles. The zero-order valence-corrected chi connectivity index (χ0v) is 13.8. The monoisotopic (exact) mass is 353 g/mol. The van der Waals surface area contributed by atoms with E-state index in [0.717, 1.165) is 12.3 Å². The SMILES string of the molecule is CCSc1c(-c2ccc(OC)cn2)nc2ccc(C(F)(F)F)cn12. The molecule has 0 radical (unpaired) electrons. The molecule has 0 aliphatic carbocycles. The number of rotatable bonds is 4. The normalized spacial score (nSPS) is 11.9. The van der Waals surface area contributed by atoms with Crippen molar-refractivity contribution in [3.8, 4) is 17.1 Å². The molecule has 0 bridgehead atoms. The Morgan fingerprint density at radius 3 is 2.58 bits per heavy atom. The Hall–Kier alpha value is -2.22. The second-order valence-electron chi connectivity index (χ2n) is 4.93. The smallest absolute Gasteiger partial charge is 0.417 e. The van der Waals surface area contributed by atoms with Crippen molar-refractivity contribution in [3.63, 3.8) is 0 Å². The molecule has 0 atom stereocenters. The summed E-state index contributed by atoms with van der Waals surface area (Å²) >= 11 is 1.42. The number of pyridine rings is 2. The van der Waals surface area contributed by atoms with Crippen LogP contribution in [0.3, 0.4) is 0 Å². The summed E-state index contributed by atoms with van der Waals surface area (Å²) in [4.78, 5) is 8.74. The topological polar surface area (TPSA) is 39.4 Å². The molecule has 24 heavy (non-hydrogen) atoms. The van der Waals surface area contributed by atoms with Crippen molar-refractivity contribution in [3.05, 3.63) is 42.2 Å². The maximum Gasteiger partial charge on any atom is 0.417 e. The first-order chi connectivity index (χ1) is 11.4. The predicted molar refractivity (Wildman–Crippen MR) is 86.4 cm³/mol. The largest absolute Gasteiger partial charge is 0.495 e. The Morgan fingerprint density at radius 2 is 2.00 bits per heavy atom. The van der Waals surface area contributed by atoms with E-state index in [1.807, 2.05) is 6.92 Å². The number of halogens is 3. The summed E-state index contributed by atoms with van der Waals surface area (Å²) in [5.41, 5.74) is 0.888. The van der Waals surface area contributed by atoms with Gasteiger partial charge in [-0.05, 0) is 30.0 Å². The molecule has 0 amide bonds. The molecule has 0 fully saturated rings. The average Bonchev–Trinajstić information content (AvgIpc) is 2.92. The lowest BCUT2D eigenvalue weighted by molar-refractivity contribution is -0.137. The minimum atomic E-state index is -4.40. The third-order valence-electron chi connectivity index (χ3n) is 3.40. The number of hydrogen-bond acceptors (Lipinski definition) is 4. The Labute approximate surface area is 140 Å². The van der Waals surface area contributed by atoms with Gasteiger partial charge < -0.3 is 4.74 Å². The van der Waals surface area contributed by atoms with Gasteiger partial charge in [-0.25, -0.2) is 4.98 Å². The van der Waals surface area contributed by atoms with E-state index in [0.29, 0.717) is 33.6 Å². The summed E-state index contributed by atoms with van der Waals surface area (Å²) in [5, 5.41) is 0.635. The summed E-state index contributed by atoms with van der Waals surface area (Å²) in [6.45, 7) is 1.93. The zero-order chi connectivity index (χ0) is 17.3. The molecule has 3 aromatic heterocycles. The van der Waals surface area contributed by atoms with Gasteiger partial charge in [0.05, 0.1) is 24.6 Å². The molecule has 0 aliphatic rings. The Kier molecular flexibility index (Phi) is 4.40. The molecule has 0 saturated carbocycles. The summed E-state index contributed by atoms with van der Waals surface area (Å²) in [7, 11) is 1.54. The van der Waals surface area contributed by atoms with E-state index < -0.39 is 11.7 Å². The third-order valence-corrected chi connectivity index (χ3v) is 4.35. The number of thioether (sulfide) groups is 1. The highest BCUT2D eigenvalue weighted by molar-refractivity contribution is 7.99. The van der Waals surface area contributed by atoms with Crippen LogP contribution in [0.1, 0.15) is 12.5 Å². The highest BCUT2D eigenvalue weighted by Gasteiger charge is 2.31. The first-order valence-electron chi connectivity index (χ1n) is 7.16. The molecule has 3 aromatic rings. The van der Waals surface area contributed by atoms with Crippen LogP contribution in [0.25, 0.3) is 17.0 Å². The van der Waals surface area contributed by atoms with Crippen LogP contribution < -0.4 is 4.74 Å². The van der Waals surface area contributed by atoms with Crippen LogP contribution in [-0.2, 0) is 6.18 Å². The van der Waals surface area contributed by atoms with Gasteiger partial charge in [-0.1, -0.05) is 6.92 Å². The fourth-order valence-electron chi connectivity index (χ4n) is 2.27. The number of alkyl halides is 3. The molecule has 0 N–H and O–H groups in total. The average molecular weight is 353 g/mol. The molecule has 0 unspecified atom stereocenters. The summed E-state index contributed by atoms with van der Waals surface area (Å²) < 4.78 is 45.5. The predicted octanol–water partition coefficient (Wildman–Crippen LogP) is 4.54. The molecular formula is C16H14F3N3OS. The summed E-state index contributed by atoms with van der Waals surface area (Å²) in [6.07, 6.45) is -1.76. The number of imidazole rings is 1. The van der Waals surface area contributed by atoms with Gasteiger partial charge in [0.25, 0.3) is 0 Å². The molecule has 4 nitrogen and oxygen atoms in total. The summed E-state index contributed by atoms with van der Waals surface area (Å²) in [5.74, 6) is 1.30. The number of hydrogen-bond donors (Lipinski definition) is 0. The van der Waals surface area contributed by atoms with Crippen molar-refractivity contribution in [1.29, 1.82) is 0 Å². The van der Waals surface area contributed by atoms with Crippen molar-refractivity contribution in [2.75, 3.05) is 12.9 Å². The van der Waals surface area contributed by atoms with E-state index in [1.54, 1.807) is 25.4 Å². The van der Waals surface area contributed by atoms with E-state index in [2.05, 4.69) is 9.97 Å². The van der Waals surface area contributed by atoms with Crippen LogP contribution in [0.15, 0.2) is 41.7 Å². The first kappa shape index (κ1) is 16.6. The quantitative estimate of drug-likeness (QED) is 0.646. The minimum absolute atomic E-state index is 0.451. The third kappa shape index (κ3) is 3.06. The van der Waals surface area contributed by atoms with Crippen LogP contribution >= 0.6 is 11.8 Å². The molecule has 8 heteroatoms. The number of fused-ring (bicyclic) bond motifs is 1. The maximum atomic E-state index is 13.0. The zero-order valence-electron chi connectivity index (χ0n) is 13.0. The van der Waals surface area contributed by atoms with Crippen molar-refractivity contribution < 1.29 is 17.9 Å². The van der Waals surface area contributed by atoms with Gasteiger partial charge in [-0.15, -0.1) is 11.8 Å². The Morgan fingerprint density at radius 1 is 1.21 bits per heavy atom. The van der Waals surface area contributed by atoms with Crippen LogP contribution in [0.5, 0.6) is 5.75 Å². The van der Waals surface area contributed by atoms with E-state index in [1.165, 1.54) is 22.2 Å². The van der Waals surface area contributed by atoms with Crippen molar-refractivity contribution in [2.45, 2.75) is 18.1 Å². The number of ether oxygens (including phenoxy) is 1. The fourth-order valence-corrected chi connectivity index (χ4v) is 3.12. The lowest BCUT2D eigenvalue weighted by atomic mass is 10.3. The lowest BCUT2D eigenvalue weighted by Crippen LogP contribution is -2.06. The molecule has 0 saturated heterocycles. The van der Waals surface area contributed by atoms with Gasteiger partial charge in [0.15, 0.2) is 0 Å². The second kappa shape index (κ2) is 6.35. The highest BCUT2D eigenvalue weighted by Crippen LogP contribution is 2.34. The van der Waals surface area contributed by atoms with Gasteiger partial charge in [0.1, 0.15) is 22.1 Å². The Bertz CT molecular complexity index is 859. The lowest BCUT2D eigenvalue weighted by Gasteiger charge is -2.08. The minimum Gasteiger partial charge on any atom is -0.495 e. The number of nitrogens with zero attached hydrogens (tertiary/aromatic N) is 3. The molecule has 0 spiro atoms. The maximum absolute atomic E-state index is 13.0.